The van der Waals surface area contributed by atoms with Gasteiger partial charge < -0.3 is 11.1 Å². The molecule has 0 heterocycles. The Hall–Kier alpha value is -1.96. The molecular formula is C16H22N2. The molecule has 0 amide bonds. The number of anilines is 2. The number of rotatable bonds is 3. The molecule has 96 valence electrons. The third-order valence-corrected chi connectivity index (χ3v) is 2.40. The topological polar surface area (TPSA) is 38.0 Å². The lowest BCUT2D eigenvalue weighted by Gasteiger charge is -2.01. The van der Waals surface area contributed by atoms with Crippen LogP contribution in [0.15, 0.2) is 54.6 Å². The number of aryl methyl sites for hydroxylation is 1. The van der Waals surface area contributed by atoms with Crippen LogP contribution in [-0.2, 0) is 0 Å². The highest BCUT2D eigenvalue weighted by Gasteiger charge is 1.84. The van der Waals surface area contributed by atoms with E-state index in [1.165, 1.54) is 17.7 Å². The van der Waals surface area contributed by atoms with E-state index in [4.69, 9.17) is 5.73 Å². The summed E-state index contributed by atoms with van der Waals surface area (Å²) in [6.07, 6.45) is 1.18. The van der Waals surface area contributed by atoms with Gasteiger partial charge in [-0.1, -0.05) is 37.3 Å². The van der Waals surface area contributed by atoms with Crippen molar-refractivity contribution in [1.29, 1.82) is 0 Å². The van der Waals surface area contributed by atoms with Crippen LogP contribution in [0.25, 0.3) is 0 Å². The molecule has 0 saturated heterocycles. The van der Waals surface area contributed by atoms with Crippen LogP contribution in [0.2, 0.25) is 0 Å². The van der Waals surface area contributed by atoms with E-state index in [2.05, 4.69) is 24.4 Å². The Bertz CT molecular complexity index is 421. The van der Waals surface area contributed by atoms with Crippen molar-refractivity contribution in [3.05, 3.63) is 60.2 Å². The molecule has 0 atom stereocenters. The Morgan fingerprint density at radius 2 is 1.72 bits per heavy atom. The van der Waals surface area contributed by atoms with E-state index in [0.717, 1.165) is 12.2 Å². The van der Waals surface area contributed by atoms with Crippen molar-refractivity contribution >= 4 is 11.4 Å². The molecule has 2 nitrogen and oxygen atoms in total. The Balaban J connectivity index is 0.000000184. The van der Waals surface area contributed by atoms with Gasteiger partial charge in [0.2, 0.25) is 0 Å². The molecule has 0 spiro atoms. The fourth-order valence-electron chi connectivity index (χ4n) is 1.50. The standard InChI is InChI=1S/C9H13N.C7H9N/c1-2-8-10-9-6-4-3-5-7-9;1-6-3-2-4-7(8)5-6/h3-7,10H,2,8H2,1H3;2-5H,8H2,1H3. The summed E-state index contributed by atoms with van der Waals surface area (Å²) in [6.45, 7) is 5.25. The minimum absolute atomic E-state index is 0.838. The molecule has 2 aromatic rings. The molecule has 0 saturated carbocycles. The molecule has 2 heteroatoms. The van der Waals surface area contributed by atoms with Crippen molar-refractivity contribution in [1.82, 2.24) is 0 Å². The summed E-state index contributed by atoms with van der Waals surface area (Å²) in [5, 5.41) is 3.29. The second-order valence-electron chi connectivity index (χ2n) is 4.21. The number of benzene rings is 2. The third-order valence-electron chi connectivity index (χ3n) is 2.40. The maximum atomic E-state index is 5.46. The van der Waals surface area contributed by atoms with E-state index in [-0.39, 0.29) is 0 Å². The van der Waals surface area contributed by atoms with Gasteiger partial charge in [0.1, 0.15) is 0 Å². The molecule has 0 fully saturated rings. The Morgan fingerprint density at radius 1 is 1.00 bits per heavy atom. The van der Waals surface area contributed by atoms with Gasteiger partial charge >= 0.3 is 0 Å². The van der Waals surface area contributed by atoms with Gasteiger partial charge in [0.25, 0.3) is 0 Å². The number of hydrogen-bond donors (Lipinski definition) is 2. The van der Waals surface area contributed by atoms with Gasteiger partial charge in [-0.15, -0.1) is 0 Å². The highest BCUT2D eigenvalue weighted by Crippen LogP contribution is 2.04. The number of para-hydroxylation sites is 1. The van der Waals surface area contributed by atoms with Gasteiger partial charge in [0, 0.05) is 17.9 Å². The predicted molar refractivity (Wildman–Crippen MR) is 80.8 cm³/mol. The number of nitrogens with two attached hydrogens (primary N) is 1. The fraction of sp³-hybridized carbons (Fsp3) is 0.250. The minimum atomic E-state index is 0.838. The predicted octanol–water partition coefficient (Wildman–Crippen LogP) is 4.09. The van der Waals surface area contributed by atoms with Gasteiger partial charge in [-0.05, 0) is 43.2 Å². The number of nitrogens with one attached hydrogen (secondary N) is 1. The Morgan fingerprint density at radius 3 is 2.22 bits per heavy atom. The Labute approximate surface area is 110 Å². The molecule has 2 rings (SSSR count). The molecule has 18 heavy (non-hydrogen) atoms. The molecule has 2 aromatic carbocycles. The van der Waals surface area contributed by atoms with Crippen molar-refractivity contribution < 1.29 is 0 Å². The normalized spacial score (nSPS) is 9.22. The van der Waals surface area contributed by atoms with E-state index in [0.29, 0.717) is 0 Å². The summed E-state index contributed by atoms with van der Waals surface area (Å²) < 4.78 is 0. The fourth-order valence-corrected chi connectivity index (χ4v) is 1.50. The molecule has 0 bridgehead atoms. The molecule has 3 N–H and O–H groups in total. The summed E-state index contributed by atoms with van der Waals surface area (Å²) in [6, 6.07) is 18.1. The summed E-state index contributed by atoms with van der Waals surface area (Å²) in [5.74, 6) is 0. The second-order valence-corrected chi connectivity index (χ2v) is 4.21. The van der Waals surface area contributed by atoms with Gasteiger partial charge in [-0.25, -0.2) is 0 Å². The molecule has 0 radical (unpaired) electrons. The SMILES string of the molecule is CCCNc1ccccc1.Cc1cccc(N)c1. The lowest BCUT2D eigenvalue weighted by Crippen LogP contribution is -1.98. The van der Waals surface area contributed by atoms with Crippen LogP contribution in [0.5, 0.6) is 0 Å². The second kappa shape index (κ2) is 8.18. The quantitative estimate of drug-likeness (QED) is 0.796. The Kier molecular flexibility index (Phi) is 6.41. The first-order valence-corrected chi connectivity index (χ1v) is 6.33. The van der Waals surface area contributed by atoms with E-state index in [9.17, 15) is 0 Å². The zero-order chi connectivity index (χ0) is 13.2. The largest absolute Gasteiger partial charge is 0.399 e. The monoisotopic (exact) mass is 242 g/mol. The van der Waals surface area contributed by atoms with Gasteiger partial charge in [0.15, 0.2) is 0 Å². The molecule has 0 unspecified atom stereocenters. The van der Waals surface area contributed by atoms with Crippen molar-refractivity contribution in [2.24, 2.45) is 0 Å². The first kappa shape index (κ1) is 14.1. The molecule has 0 aliphatic rings. The van der Waals surface area contributed by atoms with E-state index in [1.54, 1.807) is 0 Å². The van der Waals surface area contributed by atoms with Crippen LogP contribution in [0.4, 0.5) is 11.4 Å². The average Bonchev–Trinajstić information content (AvgIpc) is 2.38. The first-order chi connectivity index (χ1) is 8.72. The zero-order valence-corrected chi connectivity index (χ0v) is 11.2. The average molecular weight is 242 g/mol. The van der Waals surface area contributed by atoms with Crippen LogP contribution < -0.4 is 11.1 Å². The molecule has 0 aliphatic heterocycles. The summed E-state index contributed by atoms with van der Waals surface area (Å²) in [5.41, 5.74) is 8.72. The lowest BCUT2D eigenvalue weighted by atomic mass is 10.2. The number of nitrogen functional groups attached to an aromatic ring is 1. The maximum absolute atomic E-state index is 5.46. The first-order valence-electron chi connectivity index (χ1n) is 6.33. The van der Waals surface area contributed by atoms with Crippen LogP contribution in [0, 0.1) is 6.92 Å². The molecular weight excluding hydrogens is 220 g/mol. The summed E-state index contributed by atoms with van der Waals surface area (Å²) in [7, 11) is 0. The highest BCUT2D eigenvalue weighted by atomic mass is 14.9. The van der Waals surface area contributed by atoms with Crippen LogP contribution in [-0.4, -0.2) is 6.54 Å². The van der Waals surface area contributed by atoms with Crippen LogP contribution >= 0.6 is 0 Å². The summed E-state index contributed by atoms with van der Waals surface area (Å²) >= 11 is 0. The van der Waals surface area contributed by atoms with Gasteiger partial charge in [-0.3, -0.25) is 0 Å². The van der Waals surface area contributed by atoms with Crippen molar-refractivity contribution in [3.8, 4) is 0 Å². The van der Waals surface area contributed by atoms with Crippen molar-refractivity contribution in [3.63, 3.8) is 0 Å². The van der Waals surface area contributed by atoms with Crippen LogP contribution in [0.3, 0.4) is 0 Å². The third kappa shape index (κ3) is 5.94. The minimum Gasteiger partial charge on any atom is -0.399 e. The van der Waals surface area contributed by atoms with Gasteiger partial charge in [0.05, 0.1) is 0 Å². The lowest BCUT2D eigenvalue weighted by molar-refractivity contribution is 0.980. The maximum Gasteiger partial charge on any atom is 0.0340 e. The van der Waals surface area contributed by atoms with E-state index in [1.807, 2.05) is 49.4 Å². The van der Waals surface area contributed by atoms with Crippen molar-refractivity contribution in [2.75, 3.05) is 17.6 Å². The van der Waals surface area contributed by atoms with E-state index < -0.39 is 0 Å². The highest BCUT2D eigenvalue weighted by molar-refractivity contribution is 5.42. The smallest absolute Gasteiger partial charge is 0.0340 e. The van der Waals surface area contributed by atoms with Gasteiger partial charge in [-0.2, -0.15) is 0 Å². The molecule has 0 aromatic heterocycles. The zero-order valence-electron chi connectivity index (χ0n) is 11.2. The summed E-state index contributed by atoms with van der Waals surface area (Å²) in [4.78, 5) is 0. The van der Waals surface area contributed by atoms with Crippen molar-refractivity contribution in [2.45, 2.75) is 20.3 Å². The van der Waals surface area contributed by atoms with E-state index >= 15 is 0 Å². The van der Waals surface area contributed by atoms with Crippen LogP contribution in [0.1, 0.15) is 18.9 Å². The molecule has 0 aliphatic carbocycles. The number of hydrogen-bond acceptors (Lipinski definition) is 2.